The molecular weight excluding hydrogens is 277 g/mol. The number of furan rings is 1. The average molecular weight is 288 g/mol. The monoisotopic (exact) mass is 287 g/mol. The summed E-state index contributed by atoms with van der Waals surface area (Å²) in [6.07, 6.45) is 0. The standard InChI is InChI=1S/C11H11BrFNO2/c1-15-5-8-7-2-6(12)3-9(13)11(7)16-10(8)4-14/h2-3H,4-5,14H2,1H3. The molecule has 16 heavy (non-hydrogen) atoms. The predicted molar refractivity (Wildman–Crippen MR) is 62.5 cm³/mol. The molecular formula is C11H11BrFNO2. The van der Waals surface area contributed by atoms with Crippen molar-refractivity contribution >= 4 is 26.9 Å². The number of rotatable bonds is 3. The number of nitrogens with two attached hydrogens (primary N) is 1. The number of halogens is 2. The van der Waals surface area contributed by atoms with Gasteiger partial charge in [0.05, 0.1) is 13.2 Å². The zero-order valence-corrected chi connectivity index (χ0v) is 10.3. The summed E-state index contributed by atoms with van der Waals surface area (Å²) in [4.78, 5) is 0. The highest BCUT2D eigenvalue weighted by Gasteiger charge is 2.16. The third kappa shape index (κ3) is 1.86. The molecule has 2 aromatic rings. The second kappa shape index (κ2) is 4.53. The Kier molecular flexibility index (Phi) is 3.28. The summed E-state index contributed by atoms with van der Waals surface area (Å²) in [5.41, 5.74) is 6.59. The molecule has 0 saturated heterocycles. The Labute approximate surface area is 100 Å². The van der Waals surface area contributed by atoms with Gasteiger partial charge in [0.1, 0.15) is 5.76 Å². The van der Waals surface area contributed by atoms with Gasteiger partial charge in [-0.2, -0.15) is 0 Å². The Bertz CT molecular complexity index is 524. The lowest BCUT2D eigenvalue weighted by atomic mass is 10.1. The summed E-state index contributed by atoms with van der Waals surface area (Å²) in [6, 6.07) is 3.16. The Balaban J connectivity index is 2.73. The summed E-state index contributed by atoms with van der Waals surface area (Å²) in [7, 11) is 1.58. The number of ether oxygens (including phenoxy) is 1. The van der Waals surface area contributed by atoms with Crippen molar-refractivity contribution in [1.29, 1.82) is 0 Å². The Morgan fingerprint density at radius 2 is 2.25 bits per heavy atom. The van der Waals surface area contributed by atoms with E-state index in [0.717, 1.165) is 5.56 Å². The average Bonchev–Trinajstić information content (AvgIpc) is 2.58. The minimum absolute atomic E-state index is 0.227. The van der Waals surface area contributed by atoms with Gasteiger partial charge < -0.3 is 14.9 Å². The maximum absolute atomic E-state index is 13.6. The number of hydrogen-bond donors (Lipinski definition) is 1. The molecule has 3 nitrogen and oxygen atoms in total. The fraction of sp³-hybridized carbons (Fsp3) is 0.273. The molecule has 5 heteroatoms. The lowest BCUT2D eigenvalue weighted by Gasteiger charge is -1.99. The van der Waals surface area contributed by atoms with Crippen molar-refractivity contribution in [3.8, 4) is 0 Å². The minimum Gasteiger partial charge on any atom is -0.456 e. The molecule has 1 aromatic carbocycles. The molecule has 2 N–H and O–H groups in total. The SMILES string of the molecule is COCc1c(CN)oc2c(F)cc(Br)cc12. The molecule has 0 aliphatic carbocycles. The molecule has 0 fully saturated rings. The van der Waals surface area contributed by atoms with Crippen LogP contribution in [-0.4, -0.2) is 7.11 Å². The fourth-order valence-corrected chi connectivity index (χ4v) is 2.12. The number of benzene rings is 1. The van der Waals surface area contributed by atoms with Crippen LogP contribution in [0.1, 0.15) is 11.3 Å². The van der Waals surface area contributed by atoms with Crippen LogP contribution in [0.3, 0.4) is 0 Å². The lowest BCUT2D eigenvalue weighted by Crippen LogP contribution is -1.99. The highest BCUT2D eigenvalue weighted by atomic mass is 79.9. The van der Waals surface area contributed by atoms with E-state index in [1.807, 2.05) is 0 Å². The van der Waals surface area contributed by atoms with Gasteiger partial charge in [-0.25, -0.2) is 4.39 Å². The number of hydrogen-bond acceptors (Lipinski definition) is 3. The van der Waals surface area contributed by atoms with Crippen molar-refractivity contribution in [2.75, 3.05) is 7.11 Å². The van der Waals surface area contributed by atoms with Crippen LogP contribution in [0.2, 0.25) is 0 Å². The van der Waals surface area contributed by atoms with Crippen LogP contribution >= 0.6 is 15.9 Å². The first-order chi connectivity index (χ1) is 7.67. The van der Waals surface area contributed by atoms with Gasteiger partial charge >= 0.3 is 0 Å². The van der Waals surface area contributed by atoms with Crippen molar-refractivity contribution in [3.05, 3.63) is 33.7 Å². The van der Waals surface area contributed by atoms with Crippen molar-refractivity contribution in [2.45, 2.75) is 13.2 Å². The van der Waals surface area contributed by atoms with Crippen LogP contribution in [0, 0.1) is 5.82 Å². The second-order valence-corrected chi connectivity index (χ2v) is 4.32. The fourth-order valence-electron chi connectivity index (χ4n) is 1.69. The van der Waals surface area contributed by atoms with E-state index in [2.05, 4.69) is 15.9 Å². The van der Waals surface area contributed by atoms with Gasteiger partial charge in [0.25, 0.3) is 0 Å². The predicted octanol–water partition coefficient (Wildman–Crippen LogP) is 2.94. The van der Waals surface area contributed by atoms with E-state index in [1.165, 1.54) is 6.07 Å². The van der Waals surface area contributed by atoms with Gasteiger partial charge in [-0.1, -0.05) is 15.9 Å². The van der Waals surface area contributed by atoms with E-state index in [-0.39, 0.29) is 12.1 Å². The van der Waals surface area contributed by atoms with Crippen LogP contribution in [0.5, 0.6) is 0 Å². The topological polar surface area (TPSA) is 48.4 Å². The smallest absolute Gasteiger partial charge is 0.170 e. The molecule has 0 atom stereocenters. The van der Waals surface area contributed by atoms with Crippen molar-refractivity contribution in [3.63, 3.8) is 0 Å². The van der Waals surface area contributed by atoms with Crippen LogP contribution in [-0.2, 0) is 17.9 Å². The molecule has 0 radical (unpaired) electrons. The molecule has 0 spiro atoms. The van der Waals surface area contributed by atoms with Crippen LogP contribution in [0.15, 0.2) is 21.0 Å². The molecule has 0 aliphatic heterocycles. The number of fused-ring (bicyclic) bond motifs is 1. The molecule has 86 valence electrons. The summed E-state index contributed by atoms with van der Waals surface area (Å²) in [5, 5.41) is 0.703. The van der Waals surface area contributed by atoms with Crippen molar-refractivity contribution in [1.82, 2.24) is 0 Å². The largest absolute Gasteiger partial charge is 0.456 e. The zero-order valence-electron chi connectivity index (χ0n) is 8.72. The second-order valence-electron chi connectivity index (χ2n) is 3.41. The van der Waals surface area contributed by atoms with Gasteiger partial charge in [0.2, 0.25) is 0 Å². The molecule has 1 aromatic heterocycles. The third-order valence-electron chi connectivity index (χ3n) is 2.37. The van der Waals surface area contributed by atoms with E-state index >= 15 is 0 Å². The first-order valence-corrected chi connectivity index (χ1v) is 5.55. The van der Waals surface area contributed by atoms with E-state index < -0.39 is 5.82 Å². The van der Waals surface area contributed by atoms with Gasteiger partial charge in [-0.05, 0) is 12.1 Å². The zero-order chi connectivity index (χ0) is 11.7. The quantitative estimate of drug-likeness (QED) is 0.944. The normalized spacial score (nSPS) is 11.2. The summed E-state index contributed by atoms with van der Waals surface area (Å²) >= 11 is 3.25. The van der Waals surface area contributed by atoms with Gasteiger partial charge in [0, 0.05) is 22.5 Å². The minimum atomic E-state index is -0.401. The van der Waals surface area contributed by atoms with Crippen LogP contribution in [0.4, 0.5) is 4.39 Å². The maximum atomic E-state index is 13.6. The Hall–Kier alpha value is -0.910. The molecule has 0 amide bonds. The van der Waals surface area contributed by atoms with Crippen LogP contribution < -0.4 is 5.73 Å². The molecule has 2 rings (SSSR count). The van der Waals surface area contributed by atoms with Crippen LogP contribution in [0.25, 0.3) is 11.0 Å². The molecule has 0 unspecified atom stereocenters. The number of methoxy groups -OCH3 is 1. The molecule has 0 bridgehead atoms. The first kappa shape index (κ1) is 11.6. The first-order valence-electron chi connectivity index (χ1n) is 4.75. The van der Waals surface area contributed by atoms with E-state index in [0.29, 0.717) is 22.2 Å². The Morgan fingerprint density at radius 1 is 1.50 bits per heavy atom. The molecule has 0 saturated carbocycles. The molecule has 1 heterocycles. The molecule has 0 aliphatic rings. The Morgan fingerprint density at radius 3 is 2.88 bits per heavy atom. The van der Waals surface area contributed by atoms with Gasteiger partial charge in [-0.3, -0.25) is 0 Å². The maximum Gasteiger partial charge on any atom is 0.170 e. The lowest BCUT2D eigenvalue weighted by molar-refractivity contribution is 0.184. The van der Waals surface area contributed by atoms with Crippen molar-refractivity contribution in [2.24, 2.45) is 5.73 Å². The van der Waals surface area contributed by atoms with E-state index in [4.69, 9.17) is 14.9 Å². The highest BCUT2D eigenvalue weighted by molar-refractivity contribution is 9.10. The van der Waals surface area contributed by atoms with Crippen molar-refractivity contribution < 1.29 is 13.5 Å². The summed E-state index contributed by atoms with van der Waals surface area (Å²) in [5.74, 6) is 0.162. The summed E-state index contributed by atoms with van der Waals surface area (Å²) < 4.78 is 24.7. The van der Waals surface area contributed by atoms with E-state index in [1.54, 1.807) is 13.2 Å². The highest BCUT2D eigenvalue weighted by Crippen LogP contribution is 2.31. The summed E-state index contributed by atoms with van der Waals surface area (Å²) in [6.45, 7) is 0.583. The van der Waals surface area contributed by atoms with E-state index in [9.17, 15) is 4.39 Å². The van der Waals surface area contributed by atoms with Gasteiger partial charge in [0.15, 0.2) is 11.4 Å². The third-order valence-corrected chi connectivity index (χ3v) is 2.83. The van der Waals surface area contributed by atoms with Gasteiger partial charge in [-0.15, -0.1) is 0 Å².